The van der Waals surface area contributed by atoms with E-state index in [4.69, 9.17) is 9.47 Å². The van der Waals surface area contributed by atoms with Gasteiger partial charge in [-0.2, -0.15) is 0 Å². The largest absolute Gasteiger partial charge is 0.460 e. The molecular formula is C9H16O3. The Morgan fingerprint density at radius 1 is 1.42 bits per heavy atom. The molecule has 0 aromatic heterocycles. The zero-order chi connectivity index (χ0) is 9.14. The Hall–Kier alpha value is -0.570. The van der Waals surface area contributed by atoms with E-state index >= 15 is 0 Å². The topological polar surface area (TPSA) is 35.5 Å². The predicted molar refractivity (Wildman–Crippen MR) is 44.8 cm³/mol. The van der Waals surface area contributed by atoms with E-state index in [-0.39, 0.29) is 18.2 Å². The predicted octanol–water partition coefficient (Wildman–Crippen LogP) is 1.51. The number of ether oxygens (including phenoxy) is 2. The zero-order valence-corrected chi connectivity index (χ0v) is 7.87. The highest BCUT2D eigenvalue weighted by molar-refractivity contribution is 5.66. The van der Waals surface area contributed by atoms with Crippen LogP contribution in [0.2, 0.25) is 0 Å². The minimum atomic E-state index is -0.218. The van der Waals surface area contributed by atoms with Crippen LogP contribution in [0.5, 0.6) is 0 Å². The summed E-state index contributed by atoms with van der Waals surface area (Å²) in [6.45, 7) is 5.43. The van der Waals surface area contributed by atoms with Crippen molar-refractivity contribution in [3.8, 4) is 0 Å². The van der Waals surface area contributed by atoms with Gasteiger partial charge in [-0.3, -0.25) is 4.79 Å². The number of esters is 1. The van der Waals surface area contributed by atoms with Crippen LogP contribution in [0.25, 0.3) is 0 Å². The first-order valence-electron chi connectivity index (χ1n) is 4.42. The molecule has 3 nitrogen and oxygen atoms in total. The van der Waals surface area contributed by atoms with Gasteiger partial charge >= 0.3 is 5.97 Å². The van der Waals surface area contributed by atoms with Gasteiger partial charge < -0.3 is 9.47 Å². The van der Waals surface area contributed by atoms with Crippen LogP contribution < -0.4 is 0 Å². The summed E-state index contributed by atoms with van der Waals surface area (Å²) in [5, 5.41) is 0. The fraction of sp³-hybridized carbons (Fsp3) is 0.889. The maximum atomic E-state index is 10.7. The molecule has 3 atom stereocenters. The molecular weight excluding hydrogens is 156 g/mol. The smallest absolute Gasteiger partial charge is 0.302 e. The third-order valence-corrected chi connectivity index (χ3v) is 2.15. The average Bonchev–Trinajstić information content (AvgIpc) is 1.94. The van der Waals surface area contributed by atoms with Crippen molar-refractivity contribution in [1.82, 2.24) is 0 Å². The summed E-state index contributed by atoms with van der Waals surface area (Å²) < 4.78 is 10.6. The van der Waals surface area contributed by atoms with Crippen LogP contribution in [0.15, 0.2) is 0 Å². The van der Waals surface area contributed by atoms with Crippen LogP contribution in [0.1, 0.15) is 33.6 Å². The van der Waals surface area contributed by atoms with Crippen LogP contribution in [-0.2, 0) is 14.3 Å². The quantitative estimate of drug-likeness (QED) is 0.562. The summed E-state index contributed by atoms with van der Waals surface area (Å²) in [6, 6.07) is 0. The number of hydrogen-bond acceptors (Lipinski definition) is 3. The molecule has 1 saturated heterocycles. The highest BCUT2D eigenvalue weighted by Gasteiger charge is 2.27. The van der Waals surface area contributed by atoms with Gasteiger partial charge in [0.05, 0.1) is 12.2 Å². The van der Waals surface area contributed by atoms with E-state index in [1.807, 2.05) is 13.8 Å². The molecule has 0 aromatic rings. The van der Waals surface area contributed by atoms with Crippen LogP contribution in [0, 0.1) is 0 Å². The van der Waals surface area contributed by atoms with E-state index < -0.39 is 0 Å². The Morgan fingerprint density at radius 3 is 2.58 bits per heavy atom. The molecule has 0 aromatic carbocycles. The number of rotatable bonds is 1. The summed E-state index contributed by atoms with van der Waals surface area (Å²) in [5.74, 6) is -0.218. The SMILES string of the molecule is CC(=O)O[C@@H]1CC[C@H](C)O[C@H]1C. The Balaban J connectivity index is 2.39. The lowest BCUT2D eigenvalue weighted by molar-refractivity contribution is -0.165. The molecule has 1 rings (SSSR count). The van der Waals surface area contributed by atoms with Crippen LogP contribution in [-0.4, -0.2) is 24.3 Å². The van der Waals surface area contributed by atoms with E-state index in [2.05, 4.69) is 0 Å². The molecule has 0 saturated carbocycles. The van der Waals surface area contributed by atoms with Crippen LogP contribution >= 0.6 is 0 Å². The van der Waals surface area contributed by atoms with Crippen molar-refractivity contribution in [3.05, 3.63) is 0 Å². The molecule has 70 valence electrons. The second kappa shape index (κ2) is 3.90. The Labute approximate surface area is 73.0 Å². The Morgan fingerprint density at radius 2 is 2.08 bits per heavy atom. The first kappa shape index (κ1) is 9.52. The molecule has 1 aliphatic rings. The number of hydrogen-bond donors (Lipinski definition) is 0. The second-order valence-electron chi connectivity index (χ2n) is 3.38. The highest BCUT2D eigenvalue weighted by atomic mass is 16.6. The van der Waals surface area contributed by atoms with Gasteiger partial charge in [-0.1, -0.05) is 0 Å². The molecule has 0 N–H and O–H groups in total. The lowest BCUT2D eigenvalue weighted by atomic mass is 10.0. The second-order valence-corrected chi connectivity index (χ2v) is 3.38. The van der Waals surface area contributed by atoms with Gasteiger partial charge in [-0.05, 0) is 26.7 Å². The van der Waals surface area contributed by atoms with Gasteiger partial charge in [-0.25, -0.2) is 0 Å². The molecule has 1 aliphatic heterocycles. The lowest BCUT2D eigenvalue weighted by Crippen LogP contribution is -2.38. The van der Waals surface area contributed by atoms with E-state index in [0.29, 0.717) is 6.10 Å². The third-order valence-electron chi connectivity index (χ3n) is 2.15. The fourth-order valence-electron chi connectivity index (χ4n) is 1.52. The minimum absolute atomic E-state index is 0.0395. The van der Waals surface area contributed by atoms with Crippen molar-refractivity contribution >= 4 is 5.97 Å². The van der Waals surface area contributed by atoms with E-state index in [0.717, 1.165) is 12.8 Å². The summed E-state index contributed by atoms with van der Waals surface area (Å²) in [7, 11) is 0. The Bertz CT molecular complexity index is 167. The van der Waals surface area contributed by atoms with Gasteiger partial charge in [0.25, 0.3) is 0 Å². The first-order chi connectivity index (χ1) is 5.59. The third kappa shape index (κ3) is 2.48. The van der Waals surface area contributed by atoms with Crippen molar-refractivity contribution in [2.75, 3.05) is 0 Å². The number of carbonyl (C=O) groups is 1. The number of carbonyl (C=O) groups excluding carboxylic acids is 1. The van der Waals surface area contributed by atoms with Gasteiger partial charge in [0, 0.05) is 6.92 Å². The monoisotopic (exact) mass is 172 g/mol. The maximum absolute atomic E-state index is 10.7. The molecule has 0 radical (unpaired) electrons. The van der Waals surface area contributed by atoms with Crippen molar-refractivity contribution < 1.29 is 14.3 Å². The van der Waals surface area contributed by atoms with Gasteiger partial charge in [0.15, 0.2) is 0 Å². The molecule has 0 bridgehead atoms. The summed E-state index contributed by atoms with van der Waals surface area (Å²) >= 11 is 0. The van der Waals surface area contributed by atoms with Crippen LogP contribution in [0.4, 0.5) is 0 Å². The summed E-state index contributed by atoms with van der Waals surface area (Å²) in [4.78, 5) is 10.7. The zero-order valence-electron chi connectivity index (χ0n) is 7.87. The average molecular weight is 172 g/mol. The molecule has 0 spiro atoms. The minimum Gasteiger partial charge on any atom is -0.460 e. The van der Waals surface area contributed by atoms with Crippen LogP contribution in [0.3, 0.4) is 0 Å². The summed E-state index contributed by atoms with van der Waals surface area (Å²) in [6.07, 6.45) is 2.19. The van der Waals surface area contributed by atoms with Crippen molar-refractivity contribution in [1.29, 1.82) is 0 Å². The molecule has 3 heteroatoms. The van der Waals surface area contributed by atoms with Gasteiger partial charge in [-0.15, -0.1) is 0 Å². The highest BCUT2D eigenvalue weighted by Crippen LogP contribution is 2.21. The van der Waals surface area contributed by atoms with E-state index in [9.17, 15) is 4.79 Å². The molecule has 0 amide bonds. The van der Waals surface area contributed by atoms with Gasteiger partial charge in [0.2, 0.25) is 0 Å². The summed E-state index contributed by atoms with van der Waals surface area (Å²) in [5.41, 5.74) is 0. The van der Waals surface area contributed by atoms with Crippen molar-refractivity contribution in [3.63, 3.8) is 0 Å². The fourth-order valence-corrected chi connectivity index (χ4v) is 1.52. The van der Waals surface area contributed by atoms with Gasteiger partial charge in [0.1, 0.15) is 6.10 Å². The lowest BCUT2D eigenvalue weighted by Gasteiger charge is -2.32. The first-order valence-corrected chi connectivity index (χ1v) is 4.42. The molecule has 12 heavy (non-hydrogen) atoms. The van der Waals surface area contributed by atoms with E-state index in [1.54, 1.807) is 0 Å². The molecule has 1 heterocycles. The molecule has 1 fully saturated rings. The standard InChI is InChI=1S/C9H16O3/c1-6-4-5-9(7(2)11-6)12-8(3)10/h6-7,9H,4-5H2,1-3H3/t6-,7-,9+/m0/s1. The Kier molecular flexibility index (Phi) is 3.09. The van der Waals surface area contributed by atoms with Crippen molar-refractivity contribution in [2.24, 2.45) is 0 Å². The van der Waals surface area contributed by atoms with Crippen molar-refractivity contribution in [2.45, 2.75) is 51.9 Å². The maximum Gasteiger partial charge on any atom is 0.302 e. The normalized spacial score (nSPS) is 36.1. The molecule has 0 unspecified atom stereocenters. The molecule has 0 aliphatic carbocycles. The van der Waals surface area contributed by atoms with E-state index in [1.165, 1.54) is 6.92 Å².